The summed E-state index contributed by atoms with van der Waals surface area (Å²) >= 11 is 3.39. The smallest absolute Gasteiger partial charge is 0.321 e. The number of likely N-dealkylation sites (tertiary alicyclic amines) is 1. The zero-order valence-electron chi connectivity index (χ0n) is 17.7. The molecule has 7 nitrogen and oxygen atoms in total. The minimum atomic E-state index is -0.321. The molecular formula is C23H27BrN4O3. The fourth-order valence-electron chi connectivity index (χ4n) is 3.65. The van der Waals surface area contributed by atoms with Crippen LogP contribution in [-0.2, 0) is 9.59 Å². The first-order valence-electron chi connectivity index (χ1n) is 10.3. The predicted molar refractivity (Wildman–Crippen MR) is 125 cm³/mol. The van der Waals surface area contributed by atoms with Crippen molar-refractivity contribution < 1.29 is 14.4 Å². The van der Waals surface area contributed by atoms with E-state index >= 15 is 0 Å². The molecule has 31 heavy (non-hydrogen) atoms. The standard InChI is InChI=1S/C23H27BrN4O3/c1-16-7-5-9-18(13-16)25-23(31)28-12-6-8-17(14-28)22(30)27(2)15-21(29)26-20-11-4-3-10-19(20)24/h3-5,7,9-11,13,17H,6,8,12,14-15H2,1-2H3,(H,25,31)(H,26,29). The van der Waals surface area contributed by atoms with E-state index < -0.39 is 0 Å². The Kier molecular flexibility index (Phi) is 7.68. The number of hydrogen-bond acceptors (Lipinski definition) is 3. The molecule has 164 valence electrons. The van der Waals surface area contributed by atoms with Gasteiger partial charge < -0.3 is 20.4 Å². The lowest BCUT2D eigenvalue weighted by Crippen LogP contribution is -2.48. The molecule has 1 heterocycles. The van der Waals surface area contributed by atoms with Crippen LogP contribution in [0.25, 0.3) is 0 Å². The van der Waals surface area contributed by atoms with Crippen LogP contribution >= 0.6 is 15.9 Å². The number of nitrogens with one attached hydrogen (secondary N) is 2. The summed E-state index contributed by atoms with van der Waals surface area (Å²) in [6.45, 7) is 2.86. The van der Waals surface area contributed by atoms with Gasteiger partial charge in [0.15, 0.2) is 0 Å². The van der Waals surface area contributed by atoms with Crippen molar-refractivity contribution in [1.29, 1.82) is 0 Å². The van der Waals surface area contributed by atoms with E-state index in [-0.39, 0.29) is 30.3 Å². The van der Waals surface area contributed by atoms with E-state index in [1.165, 1.54) is 4.90 Å². The van der Waals surface area contributed by atoms with Crippen LogP contribution in [0.4, 0.5) is 16.2 Å². The normalized spacial score (nSPS) is 15.8. The van der Waals surface area contributed by atoms with Gasteiger partial charge in [0.1, 0.15) is 0 Å². The zero-order chi connectivity index (χ0) is 22.4. The number of aryl methyl sites for hydroxylation is 1. The zero-order valence-corrected chi connectivity index (χ0v) is 19.3. The lowest BCUT2D eigenvalue weighted by molar-refractivity contribution is -0.138. The summed E-state index contributed by atoms with van der Waals surface area (Å²) in [6.07, 6.45) is 1.44. The van der Waals surface area contributed by atoms with Crippen molar-refractivity contribution in [3.63, 3.8) is 0 Å². The third kappa shape index (κ3) is 6.30. The number of carbonyl (C=O) groups is 3. The van der Waals surface area contributed by atoms with E-state index in [0.717, 1.165) is 22.1 Å². The summed E-state index contributed by atoms with van der Waals surface area (Å²) in [6, 6.07) is 14.7. The van der Waals surface area contributed by atoms with Gasteiger partial charge in [-0.15, -0.1) is 0 Å². The largest absolute Gasteiger partial charge is 0.336 e. The van der Waals surface area contributed by atoms with Crippen LogP contribution < -0.4 is 10.6 Å². The van der Waals surface area contributed by atoms with E-state index in [9.17, 15) is 14.4 Å². The number of amides is 4. The maximum atomic E-state index is 12.9. The van der Waals surface area contributed by atoms with E-state index in [1.54, 1.807) is 18.0 Å². The highest BCUT2D eigenvalue weighted by Gasteiger charge is 2.30. The molecule has 1 saturated heterocycles. The Morgan fingerprint density at radius 1 is 1.13 bits per heavy atom. The lowest BCUT2D eigenvalue weighted by Gasteiger charge is -2.33. The van der Waals surface area contributed by atoms with Crippen molar-refractivity contribution in [2.24, 2.45) is 5.92 Å². The topological polar surface area (TPSA) is 81.8 Å². The number of nitrogens with zero attached hydrogens (tertiary/aromatic N) is 2. The Bertz CT molecular complexity index is 965. The van der Waals surface area contributed by atoms with Gasteiger partial charge in [0.2, 0.25) is 11.8 Å². The predicted octanol–water partition coefficient (Wildman–Crippen LogP) is 4.10. The molecular weight excluding hydrogens is 460 g/mol. The SMILES string of the molecule is Cc1cccc(NC(=O)N2CCCC(C(=O)N(C)CC(=O)Nc3ccccc3Br)C2)c1. The second-order valence-electron chi connectivity index (χ2n) is 7.81. The minimum absolute atomic E-state index is 0.0494. The van der Waals surface area contributed by atoms with Crippen molar-refractivity contribution in [2.75, 3.05) is 37.3 Å². The van der Waals surface area contributed by atoms with Gasteiger partial charge in [0.25, 0.3) is 0 Å². The monoisotopic (exact) mass is 486 g/mol. The van der Waals surface area contributed by atoms with Crippen LogP contribution in [0.5, 0.6) is 0 Å². The first-order chi connectivity index (χ1) is 14.8. The fourth-order valence-corrected chi connectivity index (χ4v) is 4.03. The fraction of sp³-hybridized carbons (Fsp3) is 0.348. The van der Waals surface area contributed by atoms with Gasteiger partial charge in [-0.05, 0) is 65.5 Å². The van der Waals surface area contributed by atoms with Crippen molar-refractivity contribution in [2.45, 2.75) is 19.8 Å². The van der Waals surface area contributed by atoms with E-state index in [1.807, 2.05) is 49.4 Å². The minimum Gasteiger partial charge on any atom is -0.336 e. The average molecular weight is 487 g/mol. The molecule has 8 heteroatoms. The van der Waals surface area contributed by atoms with Crippen molar-refractivity contribution in [1.82, 2.24) is 9.80 Å². The highest BCUT2D eigenvalue weighted by atomic mass is 79.9. The maximum Gasteiger partial charge on any atom is 0.321 e. The first-order valence-corrected chi connectivity index (χ1v) is 11.0. The Morgan fingerprint density at radius 2 is 1.90 bits per heavy atom. The molecule has 1 unspecified atom stereocenters. The molecule has 2 aromatic carbocycles. The third-order valence-electron chi connectivity index (χ3n) is 5.23. The summed E-state index contributed by atoms with van der Waals surface area (Å²) in [5, 5.41) is 5.70. The number of urea groups is 1. The molecule has 0 saturated carbocycles. The van der Waals surface area contributed by atoms with Crippen LogP contribution in [0.1, 0.15) is 18.4 Å². The highest BCUT2D eigenvalue weighted by Crippen LogP contribution is 2.22. The number of anilines is 2. The summed E-state index contributed by atoms with van der Waals surface area (Å²) in [5.74, 6) is -0.721. The van der Waals surface area contributed by atoms with Crippen LogP contribution in [0.2, 0.25) is 0 Å². The molecule has 0 bridgehead atoms. The molecule has 1 fully saturated rings. The summed E-state index contributed by atoms with van der Waals surface area (Å²) in [4.78, 5) is 41.0. The second kappa shape index (κ2) is 10.4. The Hall–Kier alpha value is -2.87. The molecule has 1 atom stereocenters. The van der Waals surface area contributed by atoms with Gasteiger partial charge in [-0.3, -0.25) is 9.59 Å². The summed E-state index contributed by atoms with van der Waals surface area (Å²) < 4.78 is 0.778. The van der Waals surface area contributed by atoms with Crippen LogP contribution in [0.15, 0.2) is 53.0 Å². The number of benzene rings is 2. The summed E-state index contributed by atoms with van der Waals surface area (Å²) in [7, 11) is 1.62. The van der Waals surface area contributed by atoms with Crippen LogP contribution in [0, 0.1) is 12.8 Å². The second-order valence-corrected chi connectivity index (χ2v) is 8.66. The van der Waals surface area contributed by atoms with Crippen LogP contribution in [-0.4, -0.2) is 54.3 Å². The van der Waals surface area contributed by atoms with Gasteiger partial charge in [0.05, 0.1) is 18.2 Å². The molecule has 1 aliphatic heterocycles. The quantitative estimate of drug-likeness (QED) is 0.667. The number of likely N-dealkylation sites (N-methyl/N-ethyl adjacent to an activating group) is 1. The Labute approximate surface area is 190 Å². The number of carbonyl (C=O) groups excluding carboxylic acids is 3. The molecule has 0 aliphatic carbocycles. The van der Waals surface area contributed by atoms with Crippen molar-refractivity contribution >= 4 is 45.2 Å². The highest BCUT2D eigenvalue weighted by molar-refractivity contribution is 9.10. The van der Waals surface area contributed by atoms with E-state index in [0.29, 0.717) is 25.2 Å². The first kappa shape index (κ1) is 22.8. The average Bonchev–Trinajstić information content (AvgIpc) is 2.75. The molecule has 3 rings (SSSR count). The van der Waals surface area contributed by atoms with Gasteiger partial charge in [-0.1, -0.05) is 24.3 Å². The summed E-state index contributed by atoms with van der Waals surface area (Å²) in [5.41, 5.74) is 2.45. The van der Waals surface area contributed by atoms with Crippen LogP contribution in [0.3, 0.4) is 0 Å². The molecule has 0 aromatic heterocycles. The van der Waals surface area contributed by atoms with Gasteiger partial charge in [0, 0.05) is 30.3 Å². The van der Waals surface area contributed by atoms with Gasteiger partial charge in [-0.2, -0.15) is 0 Å². The maximum absolute atomic E-state index is 12.9. The third-order valence-corrected chi connectivity index (χ3v) is 5.92. The van der Waals surface area contributed by atoms with Gasteiger partial charge >= 0.3 is 6.03 Å². The number of rotatable bonds is 5. The molecule has 0 spiro atoms. The molecule has 1 aliphatic rings. The number of piperidine rings is 1. The lowest BCUT2D eigenvalue weighted by atomic mass is 9.97. The molecule has 4 amide bonds. The van der Waals surface area contributed by atoms with Gasteiger partial charge in [-0.25, -0.2) is 4.79 Å². The van der Waals surface area contributed by atoms with E-state index in [4.69, 9.17) is 0 Å². The molecule has 0 radical (unpaired) electrons. The molecule has 2 aromatic rings. The number of halogens is 1. The van der Waals surface area contributed by atoms with E-state index in [2.05, 4.69) is 26.6 Å². The Morgan fingerprint density at radius 3 is 2.65 bits per heavy atom. The number of para-hydroxylation sites is 1. The number of hydrogen-bond donors (Lipinski definition) is 2. The Balaban J connectivity index is 1.54. The van der Waals surface area contributed by atoms with Crippen molar-refractivity contribution in [3.8, 4) is 0 Å². The van der Waals surface area contributed by atoms with Crippen molar-refractivity contribution in [3.05, 3.63) is 58.6 Å². The molecule has 2 N–H and O–H groups in total.